The van der Waals surface area contributed by atoms with Crippen LogP contribution in [0.25, 0.3) is 0 Å². The largest absolute Gasteiger partial charge is 0.353 e. The van der Waals surface area contributed by atoms with Crippen LogP contribution in [0.1, 0.15) is 25.1 Å². The molecule has 2 atom stereocenters. The van der Waals surface area contributed by atoms with Gasteiger partial charge < -0.3 is 11.1 Å². The summed E-state index contributed by atoms with van der Waals surface area (Å²) in [6.07, 6.45) is 1.65. The molecule has 0 bridgehead atoms. The van der Waals surface area contributed by atoms with Gasteiger partial charge in [0.1, 0.15) is 0 Å². The number of hydrogen-bond acceptors (Lipinski definition) is 3. The maximum Gasteiger partial charge on any atom is 0.223 e. The standard InChI is InChI=1S/C12H20N2OS/c1-9(5-6-13)12(15)14-10(2)8-11-4-3-7-16-11/h3-4,7,9-10H,5-6,8,13H2,1-2H3,(H,14,15). The topological polar surface area (TPSA) is 55.1 Å². The molecule has 1 aromatic heterocycles. The molecule has 0 aliphatic carbocycles. The summed E-state index contributed by atoms with van der Waals surface area (Å²) in [7, 11) is 0. The first-order chi connectivity index (χ1) is 7.63. The number of carbonyl (C=O) groups is 1. The van der Waals surface area contributed by atoms with E-state index in [1.54, 1.807) is 11.3 Å². The first-order valence-corrected chi connectivity index (χ1v) is 6.54. The van der Waals surface area contributed by atoms with Gasteiger partial charge in [0.2, 0.25) is 5.91 Å². The molecule has 0 aliphatic rings. The number of thiophene rings is 1. The highest BCUT2D eigenvalue weighted by atomic mass is 32.1. The van der Waals surface area contributed by atoms with Crippen LogP contribution in [-0.4, -0.2) is 18.5 Å². The number of nitrogens with two attached hydrogens (primary N) is 1. The van der Waals surface area contributed by atoms with E-state index < -0.39 is 0 Å². The predicted octanol–water partition coefficient (Wildman–Crippen LogP) is 1.78. The fourth-order valence-electron chi connectivity index (χ4n) is 1.55. The Hall–Kier alpha value is -0.870. The zero-order valence-corrected chi connectivity index (χ0v) is 10.7. The average Bonchev–Trinajstić information content (AvgIpc) is 2.70. The summed E-state index contributed by atoms with van der Waals surface area (Å²) >= 11 is 1.73. The van der Waals surface area contributed by atoms with E-state index >= 15 is 0 Å². The second-order valence-electron chi connectivity index (χ2n) is 4.17. The smallest absolute Gasteiger partial charge is 0.223 e. The van der Waals surface area contributed by atoms with Gasteiger partial charge in [0.25, 0.3) is 0 Å². The van der Waals surface area contributed by atoms with E-state index in [2.05, 4.69) is 16.8 Å². The van der Waals surface area contributed by atoms with Crippen molar-refractivity contribution < 1.29 is 4.79 Å². The third-order valence-electron chi connectivity index (χ3n) is 2.52. The van der Waals surface area contributed by atoms with Crippen molar-refractivity contribution in [3.8, 4) is 0 Å². The van der Waals surface area contributed by atoms with Gasteiger partial charge in [-0.05, 0) is 31.3 Å². The molecule has 16 heavy (non-hydrogen) atoms. The van der Waals surface area contributed by atoms with E-state index in [9.17, 15) is 4.79 Å². The number of hydrogen-bond donors (Lipinski definition) is 2. The molecule has 3 N–H and O–H groups in total. The van der Waals surface area contributed by atoms with Crippen molar-refractivity contribution in [1.29, 1.82) is 0 Å². The molecular weight excluding hydrogens is 220 g/mol. The van der Waals surface area contributed by atoms with Crippen LogP contribution in [0.4, 0.5) is 0 Å². The molecule has 90 valence electrons. The Balaban J connectivity index is 2.33. The monoisotopic (exact) mass is 240 g/mol. The van der Waals surface area contributed by atoms with Crippen LogP contribution in [0.15, 0.2) is 17.5 Å². The number of carbonyl (C=O) groups excluding carboxylic acids is 1. The number of amides is 1. The maximum absolute atomic E-state index is 11.7. The van der Waals surface area contributed by atoms with Crippen LogP contribution in [0, 0.1) is 5.92 Å². The molecule has 0 saturated heterocycles. The molecule has 0 radical (unpaired) electrons. The van der Waals surface area contributed by atoms with Crippen molar-refractivity contribution >= 4 is 17.2 Å². The summed E-state index contributed by atoms with van der Waals surface area (Å²) in [4.78, 5) is 13.0. The van der Waals surface area contributed by atoms with Gasteiger partial charge in [0.05, 0.1) is 0 Å². The fourth-order valence-corrected chi connectivity index (χ4v) is 2.38. The van der Waals surface area contributed by atoms with Crippen molar-refractivity contribution in [3.63, 3.8) is 0 Å². The highest BCUT2D eigenvalue weighted by molar-refractivity contribution is 7.09. The van der Waals surface area contributed by atoms with Crippen LogP contribution in [0.2, 0.25) is 0 Å². The Morgan fingerprint density at radius 1 is 1.56 bits per heavy atom. The fraction of sp³-hybridized carbons (Fsp3) is 0.583. The van der Waals surface area contributed by atoms with Crippen molar-refractivity contribution in [3.05, 3.63) is 22.4 Å². The lowest BCUT2D eigenvalue weighted by Crippen LogP contribution is -2.38. The molecule has 0 aliphatic heterocycles. The molecule has 0 saturated carbocycles. The molecule has 4 heteroatoms. The highest BCUT2D eigenvalue weighted by Gasteiger charge is 2.14. The van der Waals surface area contributed by atoms with Crippen LogP contribution < -0.4 is 11.1 Å². The molecule has 3 nitrogen and oxygen atoms in total. The molecule has 0 spiro atoms. The quantitative estimate of drug-likeness (QED) is 0.796. The van der Waals surface area contributed by atoms with Crippen LogP contribution in [-0.2, 0) is 11.2 Å². The van der Waals surface area contributed by atoms with E-state index in [0.717, 1.165) is 12.8 Å². The third kappa shape index (κ3) is 4.33. The lowest BCUT2D eigenvalue weighted by molar-refractivity contribution is -0.125. The number of nitrogens with one attached hydrogen (secondary N) is 1. The average molecular weight is 240 g/mol. The van der Waals surface area contributed by atoms with Gasteiger partial charge in [-0.1, -0.05) is 13.0 Å². The maximum atomic E-state index is 11.7. The zero-order valence-electron chi connectivity index (χ0n) is 9.90. The minimum absolute atomic E-state index is 0.00999. The minimum Gasteiger partial charge on any atom is -0.353 e. The zero-order chi connectivity index (χ0) is 12.0. The number of rotatable bonds is 6. The predicted molar refractivity (Wildman–Crippen MR) is 68.5 cm³/mol. The SMILES string of the molecule is CC(Cc1cccs1)NC(=O)C(C)CCN. The van der Waals surface area contributed by atoms with Gasteiger partial charge in [0.15, 0.2) is 0 Å². The molecule has 1 aromatic rings. The van der Waals surface area contributed by atoms with Crippen LogP contribution in [0.5, 0.6) is 0 Å². The van der Waals surface area contributed by atoms with Crippen LogP contribution >= 0.6 is 11.3 Å². The molecule has 1 heterocycles. The van der Waals surface area contributed by atoms with Crippen molar-refractivity contribution in [2.45, 2.75) is 32.7 Å². The Kier molecular flexibility index (Phi) is 5.49. The highest BCUT2D eigenvalue weighted by Crippen LogP contribution is 2.11. The van der Waals surface area contributed by atoms with Gasteiger partial charge in [-0.25, -0.2) is 0 Å². The second-order valence-corrected chi connectivity index (χ2v) is 5.20. The van der Waals surface area contributed by atoms with E-state index in [-0.39, 0.29) is 17.9 Å². The summed E-state index contributed by atoms with van der Waals surface area (Å²) in [5, 5.41) is 5.07. The summed E-state index contributed by atoms with van der Waals surface area (Å²) in [5.74, 6) is 0.116. The third-order valence-corrected chi connectivity index (χ3v) is 3.42. The minimum atomic E-state index is 0.00999. The summed E-state index contributed by atoms with van der Waals surface area (Å²) in [6, 6.07) is 4.31. The lowest BCUT2D eigenvalue weighted by atomic mass is 10.1. The van der Waals surface area contributed by atoms with E-state index in [0.29, 0.717) is 6.54 Å². The van der Waals surface area contributed by atoms with Gasteiger partial charge in [-0.2, -0.15) is 0 Å². The summed E-state index contributed by atoms with van der Waals surface area (Å²) in [6.45, 7) is 4.51. The van der Waals surface area contributed by atoms with E-state index in [1.807, 2.05) is 19.9 Å². The Labute approximate surface area is 101 Å². The first-order valence-electron chi connectivity index (χ1n) is 5.66. The molecule has 2 unspecified atom stereocenters. The van der Waals surface area contributed by atoms with Gasteiger partial charge in [-0.3, -0.25) is 4.79 Å². The Bertz CT molecular complexity index is 311. The van der Waals surface area contributed by atoms with Crippen molar-refractivity contribution in [2.24, 2.45) is 11.7 Å². The van der Waals surface area contributed by atoms with Crippen LogP contribution in [0.3, 0.4) is 0 Å². The van der Waals surface area contributed by atoms with E-state index in [4.69, 9.17) is 5.73 Å². The molecule has 0 fully saturated rings. The Morgan fingerprint density at radius 3 is 2.88 bits per heavy atom. The molecule has 1 amide bonds. The van der Waals surface area contributed by atoms with E-state index in [1.165, 1.54) is 4.88 Å². The van der Waals surface area contributed by atoms with Gasteiger partial charge in [-0.15, -0.1) is 11.3 Å². The van der Waals surface area contributed by atoms with Crippen molar-refractivity contribution in [1.82, 2.24) is 5.32 Å². The van der Waals surface area contributed by atoms with Gasteiger partial charge in [0, 0.05) is 23.3 Å². The second kappa shape index (κ2) is 6.66. The lowest BCUT2D eigenvalue weighted by Gasteiger charge is -2.16. The normalized spacial score (nSPS) is 14.4. The Morgan fingerprint density at radius 2 is 2.31 bits per heavy atom. The van der Waals surface area contributed by atoms with Crippen molar-refractivity contribution in [2.75, 3.05) is 6.54 Å². The first kappa shape index (κ1) is 13.2. The summed E-state index contributed by atoms with van der Waals surface area (Å²) in [5.41, 5.74) is 5.43. The summed E-state index contributed by atoms with van der Waals surface area (Å²) < 4.78 is 0. The molecule has 1 rings (SSSR count). The van der Waals surface area contributed by atoms with Gasteiger partial charge >= 0.3 is 0 Å². The molecular formula is C12H20N2OS. The molecule has 0 aromatic carbocycles.